The third-order valence-corrected chi connectivity index (χ3v) is 9.16. The third kappa shape index (κ3) is 6.44. The van der Waals surface area contributed by atoms with Gasteiger partial charge in [-0.2, -0.15) is 0 Å². The molecule has 1 saturated carbocycles. The van der Waals surface area contributed by atoms with E-state index in [2.05, 4.69) is 35.7 Å². The highest BCUT2D eigenvalue weighted by Gasteiger charge is 2.45. The summed E-state index contributed by atoms with van der Waals surface area (Å²) in [5.74, 6) is 4.07. The lowest BCUT2D eigenvalue weighted by atomic mass is 9.80. The summed E-state index contributed by atoms with van der Waals surface area (Å²) in [7, 11) is 1.74. The van der Waals surface area contributed by atoms with E-state index in [-0.39, 0.29) is 6.09 Å². The Morgan fingerprint density at radius 3 is 2.58 bits per heavy atom. The van der Waals surface area contributed by atoms with E-state index in [0.717, 1.165) is 61.6 Å². The summed E-state index contributed by atoms with van der Waals surface area (Å²) in [5.41, 5.74) is 6.08. The fourth-order valence-electron chi connectivity index (χ4n) is 7.26. The van der Waals surface area contributed by atoms with Crippen molar-refractivity contribution in [3.63, 3.8) is 0 Å². The molecule has 2 N–H and O–H groups in total. The molecule has 6 rings (SSSR count). The van der Waals surface area contributed by atoms with Crippen LogP contribution in [0.4, 0.5) is 4.79 Å². The highest BCUT2D eigenvalue weighted by molar-refractivity contribution is 5.83. The fourth-order valence-corrected chi connectivity index (χ4v) is 7.26. The summed E-state index contributed by atoms with van der Waals surface area (Å²) in [6.45, 7) is 8.23. The van der Waals surface area contributed by atoms with Gasteiger partial charge in [0.05, 0.1) is 25.8 Å². The second kappa shape index (κ2) is 12.7. The number of fused-ring (bicyclic) bond motifs is 5. The Morgan fingerprint density at radius 1 is 1.05 bits per heavy atom. The number of amides is 1. The summed E-state index contributed by atoms with van der Waals surface area (Å²) in [6.07, 6.45) is 12.1. The van der Waals surface area contributed by atoms with Crippen LogP contribution in [0.5, 0.6) is 23.0 Å². The van der Waals surface area contributed by atoms with E-state index < -0.39 is 5.60 Å². The molecule has 1 amide bonds. The molecular formula is C35H47N2O6+. The van der Waals surface area contributed by atoms with Gasteiger partial charge in [-0.3, -0.25) is 4.90 Å². The molecule has 3 heterocycles. The molecule has 2 aromatic carbocycles. The van der Waals surface area contributed by atoms with Crippen LogP contribution >= 0.6 is 0 Å². The molecular weight excluding hydrogens is 544 g/mol. The van der Waals surface area contributed by atoms with Crippen molar-refractivity contribution in [3.05, 3.63) is 46.5 Å². The van der Waals surface area contributed by atoms with E-state index in [4.69, 9.17) is 23.7 Å². The number of benzene rings is 2. The number of rotatable bonds is 10. The van der Waals surface area contributed by atoms with Gasteiger partial charge < -0.3 is 29.0 Å². The number of alkyl carbamates (subject to hydrolysis) is 1. The first-order chi connectivity index (χ1) is 20.8. The predicted molar refractivity (Wildman–Crippen MR) is 166 cm³/mol. The summed E-state index contributed by atoms with van der Waals surface area (Å²) >= 11 is 0. The lowest BCUT2D eigenvalue weighted by Gasteiger charge is -2.41. The highest BCUT2D eigenvalue weighted by atomic mass is 16.7. The Morgan fingerprint density at radius 2 is 1.81 bits per heavy atom. The zero-order valence-corrected chi connectivity index (χ0v) is 26.2. The maximum Gasteiger partial charge on any atom is 0.407 e. The quantitative estimate of drug-likeness (QED) is 0.327. The number of hydrogen-bond acceptors (Lipinski definition) is 6. The molecule has 43 heavy (non-hydrogen) atoms. The molecule has 2 atom stereocenters. The smallest absolute Gasteiger partial charge is 0.407 e. The average molecular weight is 592 g/mol. The number of carbonyl (C=O) groups excluding carboxylic acids is 1. The molecule has 0 spiro atoms. The van der Waals surface area contributed by atoms with Crippen molar-refractivity contribution in [3.8, 4) is 23.0 Å². The monoisotopic (exact) mass is 591 g/mol. The largest absolute Gasteiger partial charge is 0.493 e. The summed E-state index contributed by atoms with van der Waals surface area (Å²) in [5, 5.41) is 2.85. The van der Waals surface area contributed by atoms with Crippen LogP contribution in [-0.4, -0.2) is 45.3 Å². The summed E-state index contributed by atoms with van der Waals surface area (Å²) in [6, 6.07) is 8.99. The summed E-state index contributed by atoms with van der Waals surface area (Å²) < 4.78 is 29.3. The first kappa shape index (κ1) is 29.7. The van der Waals surface area contributed by atoms with Crippen molar-refractivity contribution in [1.29, 1.82) is 0 Å². The molecule has 1 aliphatic carbocycles. The molecule has 3 aliphatic heterocycles. The lowest BCUT2D eigenvalue weighted by Crippen LogP contribution is -3.11. The van der Waals surface area contributed by atoms with Crippen LogP contribution in [0, 0.1) is 5.92 Å². The second-order valence-corrected chi connectivity index (χ2v) is 13.3. The number of nitrogens with one attached hydrogen (secondary N) is 2. The predicted octanol–water partition coefficient (Wildman–Crippen LogP) is 6.07. The zero-order chi connectivity index (χ0) is 30.0. The lowest BCUT2D eigenvalue weighted by molar-refractivity contribution is -0.867. The zero-order valence-electron chi connectivity index (χ0n) is 26.2. The van der Waals surface area contributed by atoms with Crippen LogP contribution in [-0.2, 0) is 11.2 Å². The molecule has 2 unspecified atom stereocenters. The van der Waals surface area contributed by atoms with Crippen LogP contribution in [0.1, 0.15) is 100 Å². The minimum atomic E-state index is -0.475. The maximum atomic E-state index is 11.9. The summed E-state index contributed by atoms with van der Waals surface area (Å²) in [4.78, 5) is 13.4. The number of ether oxygens (including phenoxy) is 5. The number of carbonyl (C=O) groups is 1. The molecule has 0 aromatic heterocycles. The van der Waals surface area contributed by atoms with Gasteiger partial charge in [-0.25, -0.2) is 4.79 Å². The van der Waals surface area contributed by atoms with Gasteiger partial charge in [0.2, 0.25) is 6.79 Å². The van der Waals surface area contributed by atoms with Gasteiger partial charge in [0.1, 0.15) is 17.3 Å². The number of hydrogen-bond donors (Lipinski definition) is 2. The fraction of sp³-hybridized carbons (Fsp3) is 0.571. The van der Waals surface area contributed by atoms with E-state index in [1.165, 1.54) is 53.6 Å². The average Bonchev–Trinajstić information content (AvgIpc) is 3.67. The molecule has 0 radical (unpaired) electrons. The van der Waals surface area contributed by atoms with Crippen molar-refractivity contribution < 1.29 is 33.4 Å². The highest BCUT2D eigenvalue weighted by Crippen LogP contribution is 2.47. The van der Waals surface area contributed by atoms with Gasteiger partial charge in [-0.05, 0) is 75.8 Å². The molecule has 8 nitrogen and oxygen atoms in total. The van der Waals surface area contributed by atoms with E-state index in [0.29, 0.717) is 31.9 Å². The van der Waals surface area contributed by atoms with Crippen molar-refractivity contribution >= 4 is 17.9 Å². The third-order valence-electron chi connectivity index (χ3n) is 9.16. The van der Waals surface area contributed by atoms with Crippen LogP contribution in [0.3, 0.4) is 0 Å². The number of methoxy groups -OCH3 is 1. The maximum absolute atomic E-state index is 11.9. The first-order valence-electron chi connectivity index (χ1n) is 16.1. The second-order valence-electron chi connectivity index (χ2n) is 13.3. The molecule has 232 valence electrons. The van der Waals surface area contributed by atoms with Crippen molar-refractivity contribution in [1.82, 2.24) is 5.32 Å². The van der Waals surface area contributed by atoms with Crippen molar-refractivity contribution in [2.75, 3.05) is 33.6 Å². The standard InChI is InChI=1S/C35H46N2O6/c1-35(2,3)43-34(38)36-16-9-5-6-10-18-40-33-28(39-4)14-13-25-19-27-26-21-30-29(41-22-42-30)20-24(26)15-17-37(27)32(31(25)33)23-11-7-8-12-23/h13-14,19-21,23,32H,5-12,15-18,22H2,1-4H3,(H,36,38)/p+1. The van der Waals surface area contributed by atoms with Gasteiger partial charge in [0, 0.05) is 30.5 Å². The Kier molecular flexibility index (Phi) is 8.75. The molecule has 1 fully saturated rings. The van der Waals surface area contributed by atoms with Crippen LogP contribution in [0.25, 0.3) is 11.8 Å². The van der Waals surface area contributed by atoms with Gasteiger partial charge in [-0.15, -0.1) is 0 Å². The molecule has 8 heteroatoms. The van der Waals surface area contributed by atoms with Gasteiger partial charge >= 0.3 is 6.09 Å². The van der Waals surface area contributed by atoms with E-state index >= 15 is 0 Å². The molecule has 2 aromatic rings. The Bertz CT molecular complexity index is 1360. The van der Waals surface area contributed by atoms with Gasteiger partial charge in [0.25, 0.3) is 0 Å². The minimum Gasteiger partial charge on any atom is -0.493 e. The topological polar surface area (TPSA) is 79.7 Å². The molecule has 4 aliphatic rings. The normalized spacial score (nSPS) is 20.5. The Hall–Kier alpha value is -3.39. The minimum absolute atomic E-state index is 0.296. The molecule has 0 bridgehead atoms. The Balaban J connectivity index is 1.18. The van der Waals surface area contributed by atoms with Gasteiger partial charge in [-0.1, -0.05) is 31.7 Å². The SMILES string of the molecule is COc1ccc2c(c1OCCCCCCNC(=O)OC(C)(C)C)C(C1CCCC1)[NH+]1CCc3cc4c(cc3C1=C2)OCO4. The van der Waals surface area contributed by atoms with Crippen molar-refractivity contribution in [2.24, 2.45) is 5.92 Å². The van der Waals surface area contributed by atoms with Crippen molar-refractivity contribution in [2.45, 2.75) is 90.2 Å². The van der Waals surface area contributed by atoms with Crippen LogP contribution in [0.2, 0.25) is 0 Å². The molecule has 0 saturated heterocycles. The van der Waals surface area contributed by atoms with Gasteiger partial charge in [0.15, 0.2) is 23.0 Å². The van der Waals surface area contributed by atoms with Crippen LogP contribution in [0.15, 0.2) is 24.3 Å². The van der Waals surface area contributed by atoms with E-state index in [9.17, 15) is 4.79 Å². The number of unbranched alkanes of at least 4 members (excludes halogenated alkanes) is 3. The first-order valence-corrected chi connectivity index (χ1v) is 16.1. The van der Waals surface area contributed by atoms with E-state index in [1.54, 1.807) is 12.0 Å². The van der Waals surface area contributed by atoms with E-state index in [1.807, 2.05) is 20.8 Å². The van der Waals surface area contributed by atoms with Crippen LogP contribution < -0.4 is 29.2 Å². The number of quaternary nitrogens is 1. The Labute approximate surface area is 255 Å².